The van der Waals surface area contributed by atoms with Gasteiger partial charge in [-0.05, 0) is 99.2 Å². The zero-order chi connectivity index (χ0) is 37.5. The van der Waals surface area contributed by atoms with Crippen LogP contribution in [0.2, 0.25) is 10.0 Å². The quantitative estimate of drug-likeness (QED) is 0.0647. The van der Waals surface area contributed by atoms with E-state index >= 15 is 0 Å². The summed E-state index contributed by atoms with van der Waals surface area (Å²) in [5.41, 5.74) is 5.55. The fraction of sp³-hybridized carbons (Fsp3) is 0.231. The SMILES string of the molecule is CC=CC(=O)OCCCc1cc(Cc2cc(CCCOC(=O)C=CC)cc(-n3nc4ccc(Cl)cc4n3)c2O)c(O)c(-n2nc3ccc(Cl)cc3n2)c1. The molecule has 0 spiro atoms. The van der Waals surface area contributed by atoms with Gasteiger partial charge in [0.15, 0.2) is 0 Å². The topological polar surface area (TPSA) is 154 Å². The van der Waals surface area contributed by atoms with Gasteiger partial charge in [-0.3, -0.25) is 0 Å². The summed E-state index contributed by atoms with van der Waals surface area (Å²) in [4.78, 5) is 26.4. The predicted octanol–water partition coefficient (Wildman–Crippen LogP) is 7.57. The monoisotopic (exact) mass is 754 g/mol. The highest BCUT2D eigenvalue weighted by Gasteiger charge is 2.20. The molecule has 6 aromatic rings. The van der Waals surface area contributed by atoms with Crippen LogP contribution in [0.1, 0.15) is 48.9 Å². The minimum Gasteiger partial charge on any atom is -0.505 e. The number of ether oxygens (including phenoxy) is 2. The lowest BCUT2D eigenvalue weighted by atomic mass is 9.95. The van der Waals surface area contributed by atoms with Crippen LogP contribution in [0.25, 0.3) is 33.4 Å². The van der Waals surface area contributed by atoms with E-state index in [0.717, 1.165) is 11.1 Å². The molecule has 0 aliphatic heterocycles. The van der Waals surface area contributed by atoms with Crippen molar-refractivity contribution in [3.05, 3.63) is 117 Å². The number of nitrogens with zero attached hydrogens (tertiary/aromatic N) is 6. The lowest BCUT2D eigenvalue weighted by molar-refractivity contribution is -0.138. The number of aromatic nitrogens is 6. The summed E-state index contributed by atoms with van der Waals surface area (Å²) < 4.78 is 10.6. The molecule has 2 aromatic heterocycles. The Balaban J connectivity index is 1.38. The number of rotatable bonds is 14. The number of aryl methyl sites for hydroxylation is 2. The molecule has 2 N–H and O–H groups in total. The maximum atomic E-state index is 11.9. The van der Waals surface area contributed by atoms with Gasteiger partial charge < -0.3 is 19.7 Å². The molecule has 0 saturated heterocycles. The van der Waals surface area contributed by atoms with Crippen molar-refractivity contribution in [2.75, 3.05) is 13.2 Å². The van der Waals surface area contributed by atoms with Gasteiger partial charge in [0.2, 0.25) is 0 Å². The van der Waals surface area contributed by atoms with Gasteiger partial charge in [0.25, 0.3) is 0 Å². The van der Waals surface area contributed by atoms with Crippen molar-refractivity contribution in [3.8, 4) is 22.9 Å². The van der Waals surface area contributed by atoms with Crippen LogP contribution < -0.4 is 0 Å². The van der Waals surface area contributed by atoms with E-state index in [9.17, 15) is 19.8 Å². The van der Waals surface area contributed by atoms with E-state index in [1.807, 2.05) is 12.1 Å². The van der Waals surface area contributed by atoms with Gasteiger partial charge in [0.05, 0.1) is 13.2 Å². The van der Waals surface area contributed by atoms with Crippen LogP contribution in [0.15, 0.2) is 85.0 Å². The lowest BCUT2D eigenvalue weighted by Crippen LogP contribution is -2.07. The Kier molecular flexibility index (Phi) is 11.7. The number of allylic oxidation sites excluding steroid dienone is 2. The second-order valence-electron chi connectivity index (χ2n) is 12.2. The Morgan fingerprint density at radius 2 is 1.06 bits per heavy atom. The number of halogens is 2. The summed E-state index contributed by atoms with van der Waals surface area (Å²) in [6, 6.07) is 17.6. The average Bonchev–Trinajstić information content (AvgIpc) is 3.75. The number of esters is 2. The largest absolute Gasteiger partial charge is 0.505 e. The van der Waals surface area contributed by atoms with Gasteiger partial charge in [-0.2, -0.15) is 0 Å². The molecule has 0 bridgehead atoms. The van der Waals surface area contributed by atoms with E-state index in [0.29, 0.717) is 80.3 Å². The summed E-state index contributed by atoms with van der Waals surface area (Å²) in [6.07, 6.45) is 8.10. The summed E-state index contributed by atoms with van der Waals surface area (Å²) in [5.74, 6) is -1.01. The number of fused-ring (bicyclic) bond motifs is 2. The highest BCUT2D eigenvalue weighted by Crippen LogP contribution is 2.36. The first-order valence-electron chi connectivity index (χ1n) is 17.0. The Hall–Kier alpha value is -5.72. The zero-order valence-electron chi connectivity index (χ0n) is 29.0. The molecule has 0 aliphatic rings. The van der Waals surface area contributed by atoms with Crippen LogP contribution in [0.3, 0.4) is 0 Å². The normalized spacial score (nSPS) is 11.7. The molecule has 4 aromatic carbocycles. The van der Waals surface area contributed by atoms with Crippen LogP contribution in [0.5, 0.6) is 11.5 Å². The van der Waals surface area contributed by atoms with Gasteiger partial charge in [0, 0.05) is 39.7 Å². The Bertz CT molecular complexity index is 2200. The number of carbonyl (C=O) groups excluding carboxylic acids is 2. The number of aromatic hydroxyl groups is 2. The number of benzene rings is 4. The number of carbonyl (C=O) groups is 2. The van der Waals surface area contributed by atoms with E-state index in [2.05, 4.69) is 20.4 Å². The first-order chi connectivity index (χ1) is 25.6. The van der Waals surface area contributed by atoms with Crippen LogP contribution >= 0.6 is 23.2 Å². The van der Waals surface area contributed by atoms with Crippen LogP contribution in [-0.4, -0.2) is 65.4 Å². The third kappa shape index (κ3) is 9.02. The molecule has 53 heavy (non-hydrogen) atoms. The highest BCUT2D eigenvalue weighted by atomic mass is 35.5. The molecule has 0 fully saturated rings. The second-order valence-corrected chi connectivity index (χ2v) is 13.1. The summed E-state index contributed by atoms with van der Waals surface area (Å²) >= 11 is 12.4. The molecule has 0 aliphatic carbocycles. The molecule has 14 heteroatoms. The minimum absolute atomic E-state index is 0.0838. The third-order valence-corrected chi connectivity index (χ3v) is 8.74. The Morgan fingerprint density at radius 1 is 0.642 bits per heavy atom. The number of hydrogen-bond acceptors (Lipinski definition) is 10. The van der Waals surface area contributed by atoms with Crippen molar-refractivity contribution in [1.29, 1.82) is 0 Å². The summed E-state index contributed by atoms with van der Waals surface area (Å²) in [5, 5.41) is 42.9. The van der Waals surface area contributed by atoms with Gasteiger partial charge in [-0.25, -0.2) is 9.59 Å². The molecule has 0 amide bonds. The van der Waals surface area contributed by atoms with Crippen molar-refractivity contribution in [2.24, 2.45) is 0 Å². The zero-order valence-corrected chi connectivity index (χ0v) is 30.5. The summed E-state index contributed by atoms with van der Waals surface area (Å²) in [7, 11) is 0. The van der Waals surface area contributed by atoms with Crippen LogP contribution in [0.4, 0.5) is 0 Å². The maximum absolute atomic E-state index is 11.9. The highest BCUT2D eigenvalue weighted by molar-refractivity contribution is 6.31. The molecule has 0 radical (unpaired) electrons. The van der Waals surface area contributed by atoms with E-state index in [4.69, 9.17) is 32.7 Å². The van der Waals surface area contributed by atoms with Gasteiger partial charge in [-0.15, -0.1) is 30.0 Å². The molecule has 0 saturated carbocycles. The predicted molar refractivity (Wildman–Crippen MR) is 202 cm³/mol. The molecular weight excluding hydrogens is 719 g/mol. The summed E-state index contributed by atoms with van der Waals surface area (Å²) in [6.45, 7) is 3.88. The molecular formula is C39H36Cl2N6O6. The molecule has 0 atom stereocenters. The van der Waals surface area contributed by atoms with Crippen molar-refractivity contribution >= 4 is 57.2 Å². The van der Waals surface area contributed by atoms with E-state index in [1.54, 1.807) is 74.5 Å². The van der Waals surface area contributed by atoms with Crippen molar-refractivity contribution in [1.82, 2.24) is 30.0 Å². The second kappa shape index (κ2) is 16.7. The third-order valence-electron chi connectivity index (χ3n) is 8.27. The Labute approximate surface area is 314 Å². The van der Waals surface area contributed by atoms with Crippen molar-refractivity contribution in [3.63, 3.8) is 0 Å². The first kappa shape index (κ1) is 37.1. The number of phenols is 2. The van der Waals surface area contributed by atoms with Gasteiger partial charge in [0.1, 0.15) is 44.9 Å². The number of phenolic OH excluding ortho intramolecular Hbond substituents is 2. The van der Waals surface area contributed by atoms with Crippen LogP contribution in [0, 0.1) is 0 Å². The molecule has 0 unspecified atom stereocenters. The maximum Gasteiger partial charge on any atom is 0.330 e. The number of hydrogen-bond donors (Lipinski definition) is 2. The molecule has 2 heterocycles. The smallest absolute Gasteiger partial charge is 0.330 e. The van der Waals surface area contributed by atoms with Gasteiger partial charge in [-0.1, -0.05) is 47.5 Å². The minimum atomic E-state index is -0.421. The molecule has 272 valence electrons. The Morgan fingerprint density at radius 3 is 1.47 bits per heavy atom. The van der Waals surface area contributed by atoms with E-state index in [-0.39, 0.29) is 31.1 Å². The lowest BCUT2D eigenvalue weighted by Gasteiger charge is -2.16. The fourth-order valence-corrected chi connectivity index (χ4v) is 6.14. The fourth-order valence-electron chi connectivity index (χ4n) is 5.81. The first-order valence-corrected chi connectivity index (χ1v) is 17.7. The molecule has 12 nitrogen and oxygen atoms in total. The van der Waals surface area contributed by atoms with E-state index < -0.39 is 11.9 Å². The standard InChI is InChI=1S/C39H36Cl2N6O6/c1-3-7-36(48)52-15-5-9-24-17-26(38(50)34(19-24)46-42-30-13-11-28(40)22-32(30)44-46)21-27-18-25(10-6-16-53-37(49)8-4-2)20-35(39(27)51)47-43-31-14-12-29(41)23-33(31)45-47/h3-4,7-8,11-14,17-20,22-23,50-51H,5-6,9-10,15-16,21H2,1-2H3. The van der Waals surface area contributed by atoms with Crippen molar-refractivity contribution < 1.29 is 29.3 Å². The average molecular weight is 756 g/mol. The van der Waals surface area contributed by atoms with Crippen molar-refractivity contribution in [2.45, 2.75) is 46.0 Å². The van der Waals surface area contributed by atoms with Crippen LogP contribution in [-0.2, 0) is 38.3 Å². The molecule has 6 rings (SSSR count). The van der Waals surface area contributed by atoms with E-state index in [1.165, 1.54) is 21.7 Å². The van der Waals surface area contributed by atoms with Gasteiger partial charge >= 0.3 is 11.9 Å².